The maximum Gasteiger partial charge on any atom is 0.253 e. The van der Waals surface area contributed by atoms with Crippen molar-refractivity contribution in [3.63, 3.8) is 0 Å². The van der Waals surface area contributed by atoms with Crippen molar-refractivity contribution < 1.29 is 9.90 Å². The van der Waals surface area contributed by atoms with E-state index in [-0.39, 0.29) is 5.91 Å². The SMILES string of the molecule is CCC(O)(CC)CNc1cc(C(=O)N(C)C)ccc1N. The molecule has 0 spiro atoms. The van der Waals surface area contributed by atoms with Crippen LogP contribution in [0.1, 0.15) is 37.0 Å². The van der Waals surface area contributed by atoms with Gasteiger partial charge in [0.2, 0.25) is 0 Å². The Morgan fingerprint density at radius 2 is 1.95 bits per heavy atom. The second-order valence-electron chi connectivity index (χ2n) is 5.29. The molecular weight excluding hydrogens is 254 g/mol. The number of carbonyl (C=O) groups is 1. The fourth-order valence-electron chi connectivity index (χ4n) is 1.86. The fraction of sp³-hybridized carbons (Fsp3) is 0.533. The van der Waals surface area contributed by atoms with Gasteiger partial charge in [0.1, 0.15) is 0 Å². The lowest BCUT2D eigenvalue weighted by Gasteiger charge is -2.26. The Morgan fingerprint density at radius 3 is 2.45 bits per heavy atom. The van der Waals surface area contributed by atoms with Crippen molar-refractivity contribution in [1.29, 1.82) is 0 Å². The molecule has 20 heavy (non-hydrogen) atoms. The highest BCUT2D eigenvalue weighted by molar-refractivity contribution is 5.95. The molecule has 5 heteroatoms. The Hall–Kier alpha value is -1.75. The molecule has 0 atom stereocenters. The molecule has 5 nitrogen and oxygen atoms in total. The Morgan fingerprint density at radius 1 is 1.35 bits per heavy atom. The predicted molar refractivity (Wildman–Crippen MR) is 82.9 cm³/mol. The lowest BCUT2D eigenvalue weighted by atomic mass is 9.97. The topological polar surface area (TPSA) is 78.6 Å². The van der Waals surface area contributed by atoms with Gasteiger partial charge in [0.15, 0.2) is 0 Å². The molecule has 0 aliphatic carbocycles. The van der Waals surface area contributed by atoms with Gasteiger partial charge in [0, 0.05) is 26.2 Å². The molecular formula is C15H25N3O2. The summed E-state index contributed by atoms with van der Waals surface area (Å²) in [6.45, 7) is 4.30. The van der Waals surface area contributed by atoms with E-state index in [1.54, 1.807) is 32.3 Å². The number of nitrogens with two attached hydrogens (primary N) is 1. The Balaban J connectivity index is 2.90. The molecule has 112 valence electrons. The number of amides is 1. The van der Waals surface area contributed by atoms with Gasteiger partial charge < -0.3 is 21.1 Å². The van der Waals surface area contributed by atoms with Gasteiger partial charge in [-0.05, 0) is 31.0 Å². The van der Waals surface area contributed by atoms with E-state index in [0.29, 0.717) is 36.3 Å². The van der Waals surface area contributed by atoms with Crippen molar-refractivity contribution in [2.45, 2.75) is 32.3 Å². The minimum absolute atomic E-state index is 0.0747. The molecule has 0 fully saturated rings. The minimum atomic E-state index is -0.756. The summed E-state index contributed by atoms with van der Waals surface area (Å²) in [6.07, 6.45) is 1.32. The van der Waals surface area contributed by atoms with E-state index in [4.69, 9.17) is 5.73 Å². The fourth-order valence-corrected chi connectivity index (χ4v) is 1.86. The summed E-state index contributed by atoms with van der Waals surface area (Å²) < 4.78 is 0. The van der Waals surface area contributed by atoms with Crippen LogP contribution < -0.4 is 11.1 Å². The zero-order chi connectivity index (χ0) is 15.3. The van der Waals surface area contributed by atoms with Gasteiger partial charge in [-0.3, -0.25) is 4.79 Å². The van der Waals surface area contributed by atoms with Crippen molar-refractivity contribution in [3.8, 4) is 0 Å². The van der Waals surface area contributed by atoms with Gasteiger partial charge in [-0.2, -0.15) is 0 Å². The van der Waals surface area contributed by atoms with Crippen molar-refractivity contribution in [2.75, 3.05) is 31.7 Å². The predicted octanol–water partition coefficient (Wildman–Crippen LogP) is 1.93. The van der Waals surface area contributed by atoms with Crippen LogP contribution >= 0.6 is 0 Å². The molecule has 0 aliphatic rings. The normalized spacial score (nSPS) is 11.2. The van der Waals surface area contributed by atoms with E-state index in [2.05, 4.69) is 5.32 Å². The van der Waals surface area contributed by atoms with E-state index < -0.39 is 5.60 Å². The molecule has 1 aromatic rings. The van der Waals surface area contributed by atoms with Gasteiger partial charge in [-0.15, -0.1) is 0 Å². The van der Waals surface area contributed by atoms with Crippen LogP contribution in [0.2, 0.25) is 0 Å². The number of rotatable bonds is 6. The van der Waals surface area contributed by atoms with Crippen LogP contribution in [0, 0.1) is 0 Å². The molecule has 0 saturated heterocycles. The Labute approximate surface area is 120 Å². The van der Waals surface area contributed by atoms with Crippen LogP contribution in [0.15, 0.2) is 18.2 Å². The zero-order valence-electron chi connectivity index (χ0n) is 12.7. The summed E-state index contributed by atoms with van der Waals surface area (Å²) in [7, 11) is 3.41. The van der Waals surface area contributed by atoms with Crippen LogP contribution in [-0.4, -0.2) is 42.2 Å². The van der Waals surface area contributed by atoms with E-state index in [1.807, 2.05) is 13.8 Å². The first-order valence-electron chi connectivity index (χ1n) is 6.90. The molecule has 0 unspecified atom stereocenters. The number of hydrogen-bond donors (Lipinski definition) is 3. The first kappa shape index (κ1) is 16.3. The molecule has 1 aromatic carbocycles. The maximum absolute atomic E-state index is 11.9. The van der Waals surface area contributed by atoms with Crippen LogP contribution in [0.3, 0.4) is 0 Å². The number of nitrogens with zero attached hydrogens (tertiary/aromatic N) is 1. The molecule has 1 amide bonds. The summed E-state index contributed by atoms with van der Waals surface area (Å²) in [5.74, 6) is -0.0747. The van der Waals surface area contributed by atoms with Crippen LogP contribution in [0.5, 0.6) is 0 Å². The van der Waals surface area contributed by atoms with E-state index in [0.717, 1.165) is 0 Å². The van der Waals surface area contributed by atoms with Crippen LogP contribution in [0.4, 0.5) is 11.4 Å². The lowest BCUT2D eigenvalue weighted by Crippen LogP contribution is -2.35. The quantitative estimate of drug-likeness (QED) is 0.695. The molecule has 0 saturated carbocycles. The summed E-state index contributed by atoms with van der Waals surface area (Å²) in [6, 6.07) is 5.13. The average Bonchev–Trinajstić information content (AvgIpc) is 2.45. The molecule has 0 bridgehead atoms. The summed E-state index contributed by atoms with van der Waals surface area (Å²) in [4.78, 5) is 13.4. The van der Waals surface area contributed by atoms with Gasteiger partial charge in [0.05, 0.1) is 17.0 Å². The van der Waals surface area contributed by atoms with E-state index in [9.17, 15) is 9.90 Å². The third-order valence-electron chi connectivity index (χ3n) is 3.63. The van der Waals surface area contributed by atoms with E-state index >= 15 is 0 Å². The smallest absolute Gasteiger partial charge is 0.253 e. The van der Waals surface area contributed by atoms with Gasteiger partial charge >= 0.3 is 0 Å². The highest BCUT2D eigenvalue weighted by atomic mass is 16.3. The molecule has 0 heterocycles. The number of hydrogen-bond acceptors (Lipinski definition) is 4. The number of aliphatic hydroxyl groups is 1. The average molecular weight is 279 g/mol. The zero-order valence-corrected chi connectivity index (χ0v) is 12.7. The van der Waals surface area contributed by atoms with Crippen molar-refractivity contribution in [3.05, 3.63) is 23.8 Å². The first-order chi connectivity index (χ1) is 9.33. The maximum atomic E-state index is 11.9. The van der Waals surface area contributed by atoms with Crippen molar-refractivity contribution in [1.82, 2.24) is 4.90 Å². The van der Waals surface area contributed by atoms with Crippen LogP contribution in [-0.2, 0) is 0 Å². The third-order valence-corrected chi connectivity index (χ3v) is 3.63. The molecule has 4 N–H and O–H groups in total. The standard InChI is InChI=1S/C15H25N3O2/c1-5-15(20,6-2)10-17-13-9-11(7-8-12(13)16)14(19)18(3)4/h7-9,17,20H,5-6,10,16H2,1-4H3. The molecule has 0 radical (unpaired) electrons. The van der Waals surface area contributed by atoms with Crippen LogP contribution in [0.25, 0.3) is 0 Å². The Kier molecular flexibility index (Phi) is 5.39. The first-order valence-corrected chi connectivity index (χ1v) is 6.90. The number of nitrogens with one attached hydrogen (secondary N) is 1. The number of anilines is 2. The monoisotopic (exact) mass is 279 g/mol. The van der Waals surface area contributed by atoms with Crippen molar-refractivity contribution >= 4 is 17.3 Å². The highest BCUT2D eigenvalue weighted by Gasteiger charge is 2.22. The highest BCUT2D eigenvalue weighted by Crippen LogP contribution is 2.23. The van der Waals surface area contributed by atoms with E-state index in [1.165, 1.54) is 4.90 Å². The molecule has 0 aliphatic heterocycles. The second-order valence-corrected chi connectivity index (χ2v) is 5.29. The van der Waals surface area contributed by atoms with Gasteiger partial charge in [-0.25, -0.2) is 0 Å². The lowest BCUT2D eigenvalue weighted by molar-refractivity contribution is 0.0457. The summed E-state index contributed by atoms with van der Waals surface area (Å²) >= 11 is 0. The third kappa shape index (κ3) is 3.87. The largest absolute Gasteiger partial charge is 0.397 e. The number of benzene rings is 1. The molecule has 0 aromatic heterocycles. The minimum Gasteiger partial charge on any atom is -0.397 e. The van der Waals surface area contributed by atoms with Crippen molar-refractivity contribution in [2.24, 2.45) is 0 Å². The second kappa shape index (κ2) is 6.61. The number of carbonyl (C=O) groups excluding carboxylic acids is 1. The number of nitrogen functional groups attached to an aromatic ring is 1. The summed E-state index contributed by atoms with van der Waals surface area (Å²) in [5.41, 5.74) is 6.97. The Bertz CT molecular complexity index is 468. The van der Waals surface area contributed by atoms with Gasteiger partial charge in [-0.1, -0.05) is 13.8 Å². The molecule has 1 rings (SSSR count). The summed E-state index contributed by atoms with van der Waals surface area (Å²) in [5, 5.41) is 13.4. The van der Waals surface area contributed by atoms with Gasteiger partial charge in [0.25, 0.3) is 5.91 Å².